The monoisotopic (exact) mass is 299 g/mol. The van der Waals surface area contributed by atoms with Gasteiger partial charge in [-0.2, -0.15) is 0 Å². The first-order valence-corrected chi connectivity index (χ1v) is 9.83. The summed E-state index contributed by atoms with van der Waals surface area (Å²) in [6.07, 6.45) is 7.86. The van der Waals surface area contributed by atoms with Crippen molar-refractivity contribution in [3.63, 3.8) is 0 Å². The van der Waals surface area contributed by atoms with E-state index in [1.165, 1.54) is 38.4 Å². The number of hydrogen-bond acceptors (Lipinski definition) is 3. The summed E-state index contributed by atoms with van der Waals surface area (Å²) in [7, 11) is -1.16. The van der Waals surface area contributed by atoms with Gasteiger partial charge in [0.05, 0.1) is 5.75 Å². The van der Waals surface area contributed by atoms with Crippen LogP contribution < -0.4 is 0 Å². The van der Waals surface area contributed by atoms with Gasteiger partial charge in [-0.05, 0) is 55.8 Å². The Labute approximate surface area is 121 Å². The smallest absolute Gasteiger partial charge is 0.223 e. The second-order valence-corrected chi connectivity index (χ2v) is 9.57. The van der Waals surface area contributed by atoms with E-state index in [4.69, 9.17) is 0 Å². The predicted molar refractivity (Wildman–Crippen MR) is 77.9 cm³/mol. The van der Waals surface area contributed by atoms with Crippen LogP contribution in [0.1, 0.15) is 38.5 Å². The number of hydrogen-bond donors (Lipinski definition) is 0. The minimum Gasteiger partial charge on any atom is -0.342 e. The molecule has 0 heterocycles. The Hall–Kier alpha value is -0.580. The SMILES string of the molecule is CN(C(=O)CCS(C)(=O)=O)C1C2CC3CC(C2)CC1C3. The number of nitrogens with zero attached hydrogens (tertiary/aromatic N) is 1. The highest BCUT2D eigenvalue weighted by Gasteiger charge is 2.50. The zero-order valence-electron chi connectivity index (χ0n) is 12.4. The summed E-state index contributed by atoms with van der Waals surface area (Å²) in [5.74, 6) is 3.11. The fourth-order valence-corrected chi connectivity index (χ4v) is 5.69. The van der Waals surface area contributed by atoms with Gasteiger partial charge >= 0.3 is 0 Å². The predicted octanol–water partition coefficient (Wildman–Crippen LogP) is 1.70. The first kappa shape index (κ1) is 14.4. The van der Waals surface area contributed by atoms with E-state index in [0.717, 1.165) is 11.8 Å². The molecule has 0 saturated heterocycles. The fraction of sp³-hybridized carbons (Fsp3) is 0.933. The van der Waals surface area contributed by atoms with Crippen LogP contribution in [0.25, 0.3) is 0 Å². The molecule has 0 aromatic rings. The van der Waals surface area contributed by atoms with Crippen molar-refractivity contribution in [2.75, 3.05) is 19.1 Å². The number of sulfone groups is 1. The molecule has 0 radical (unpaired) electrons. The van der Waals surface area contributed by atoms with Gasteiger partial charge in [0.1, 0.15) is 9.84 Å². The Morgan fingerprint density at radius 1 is 1.05 bits per heavy atom. The molecule has 1 amide bonds. The molecule has 4 bridgehead atoms. The Morgan fingerprint density at radius 2 is 1.55 bits per heavy atom. The van der Waals surface area contributed by atoms with Gasteiger partial charge in [0.15, 0.2) is 0 Å². The van der Waals surface area contributed by atoms with Crippen LogP contribution in [0.3, 0.4) is 0 Å². The molecule has 4 rings (SSSR count). The molecule has 0 aromatic heterocycles. The summed E-state index contributed by atoms with van der Waals surface area (Å²) in [6.45, 7) is 0. The molecule has 0 aromatic carbocycles. The second-order valence-electron chi connectivity index (χ2n) is 7.31. The average molecular weight is 299 g/mol. The van der Waals surface area contributed by atoms with E-state index in [9.17, 15) is 13.2 Å². The molecular formula is C15H25NO3S. The zero-order valence-corrected chi connectivity index (χ0v) is 13.2. The highest BCUT2D eigenvalue weighted by molar-refractivity contribution is 7.90. The third-order valence-electron chi connectivity index (χ3n) is 5.70. The van der Waals surface area contributed by atoms with Gasteiger partial charge in [-0.1, -0.05) is 0 Å². The molecule has 0 unspecified atom stereocenters. The van der Waals surface area contributed by atoms with E-state index in [1.54, 1.807) is 0 Å². The van der Waals surface area contributed by atoms with Gasteiger partial charge in [0, 0.05) is 25.8 Å². The lowest BCUT2D eigenvalue weighted by Gasteiger charge is -2.56. The molecule has 20 heavy (non-hydrogen) atoms. The highest BCUT2D eigenvalue weighted by Crippen LogP contribution is 2.54. The van der Waals surface area contributed by atoms with Crippen LogP contribution in [0, 0.1) is 23.7 Å². The third kappa shape index (κ3) is 2.74. The fourth-order valence-electron chi connectivity index (χ4n) is 5.14. The highest BCUT2D eigenvalue weighted by atomic mass is 32.2. The van der Waals surface area contributed by atoms with E-state index < -0.39 is 9.84 Å². The van der Waals surface area contributed by atoms with E-state index in [2.05, 4.69) is 0 Å². The lowest BCUT2D eigenvalue weighted by atomic mass is 9.54. The molecule has 5 heteroatoms. The normalized spacial score (nSPS) is 39.0. The minimum atomic E-state index is -3.05. The van der Waals surface area contributed by atoms with Gasteiger partial charge in [-0.3, -0.25) is 4.79 Å². The van der Waals surface area contributed by atoms with E-state index in [0.29, 0.717) is 17.9 Å². The number of carbonyl (C=O) groups is 1. The molecule has 4 nitrogen and oxygen atoms in total. The maximum Gasteiger partial charge on any atom is 0.223 e. The van der Waals surface area contributed by atoms with Crippen molar-refractivity contribution in [2.24, 2.45) is 23.7 Å². The first-order chi connectivity index (χ1) is 9.33. The Bertz CT molecular complexity index is 471. The molecule has 0 aliphatic heterocycles. The van der Waals surface area contributed by atoms with Crippen molar-refractivity contribution in [1.82, 2.24) is 4.90 Å². The van der Waals surface area contributed by atoms with Gasteiger partial charge in [-0.15, -0.1) is 0 Å². The molecule has 4 aliphatic rings. The Morgan fingerprint density at radius 3 is 2.00 bits per heavy atom. The number of amides is 1. The number of carbonyl (C=O) groups excluding carboxylic acids is 1. The maximum absolute atomic E-state index is 12.3. The van der Waals surface area contributed by atoms with Crippen molar-refractivity contribution in [2.45, 2.75) is 44.6 Å². The standard InChI is InChI=1S/C15H25NO3S/c1-16(14(17)3-4-20(2,18)19)15-12-6-10-5-11(8-12)9-13(15)7-10/h10-13,15H,3-9H2,1-2H3. The lowest BCUT2D eigenvalue weighted by molar-refractivity contribution is -0.140. The average Bonchev–Trinajstić information content (AvgIpc) is 2.33. The molecule has 4 aliphatic carbocycles. The summed E-state index contributed by atoms with van der Waals surface area (Å²) in [4.78, 5) is 14.2. The topological polar surface area (TPSA) is 54.5 Å². The second kappa shape index (κ2) is 5.00. The van der Waals surface area contributed by atoms with Crippen molar-refractivity contribution in [3.05, 3.63) is 0 Å². The summed E-state index contributed by atoms with van der Waals surface area (Å²) in [5.41, 5.74) is 0. The lowest BCUT2D eigenvalue weighted by Crippen LogP contribution is -2.56. The van der Waals surface area contributed by atoms with Crippen molar-refractivity contribution < 1.29 is 13.2 Å². The van der Waals surface area contributed by atoms with Gasteiger partial charge in [0.2, 0.25) is 5.91 Å². The van der Waals surface area contributed by atoms with Crippen LogP contribution in [-0.2, 0) is 14.6 Å². The quantitative estimate of drug-likeness (QED) is 0.794. The zero-order chi connectivity index (χ0) is 14.5. The summed E-state index contributed by atoms with van der Waals surface area (Å²) >= 11 is 0. The minimum absolute atomic E-state index is 0.00731. The molecule has 0 N–H and O–H groups in total. The molecule has 0 spiro atoms. The molecule has 4 saturated carbocycles. The van der Waals surface area contributed by atoms with Crippen LogP contribution in [0.5, 0.6) is 0 Å². The van der Waals surface area contributed by atoms with Crippen molar-refractivity contribution in [3.8, 4) is 0 Å². The molecular weight excluding hydrogens is 274 g/mol. The van der Waals surface area contributed by atoms with Crippen LogP contribution in [0.4, 0.5) is 0 Å². The summed E-state index contributed by atoms with van der Waals surface area (Å²) in [5, 5.41) is 0. The van der Waals surface area contributed by atoms with Crippen LogP contribution in [0.2, 0.25) is 0 Å². The first-order valence-electron chi connectivity index (χ1n) is 7.77. The van der Waals surface area contributed by atoms with E-state index in [1.807, 2.05) is 11.9 Å². The van der Waals surface area contributed by atoms with Crippen molar-refractivity contribution in [1.29, 1.82) is 0 Å². The van der Waals surface area contributed by atoms with Gasteiger partial charge in [-0.25, -0.2) is 8.42 Å². The molecule has 0 atom stereocenters. The van der Waals surface area contributed by atoms with E-state index in [-0.39, 0.29) is 18.1 Å². The summed E-state index contributed by atoms with van der Waals surface area (Å²) in [6, 6.07) is 0.370. The third-order valence-corrected chi connectivity index (χ3v) is 6.65. The van der Waals surface area contributed by atoms with Crippen LogP contribution in [-0.4, -0.2) is 44.3 Å². The maximum atomic E-state index is 12.3. The van der Waals surface area contributed by atoms with E-state index >= 15 is 0 Å². The molecule has 114 valence electrons. The van der Waals surface area contributed by atoms with Crippen LogP contribution in [0.15, 0.2) is 0 Å². The van der Waals surface area contributed by atoms with Crippen molar-refractivity contribution >= 4 is 15.7 Å². The van der Waals surface area contributed by atoms with Gasteiger partial charge in [0.25, 0.3) is 0 Å². The Kier molecular flexibility index (Phi) is 3.59. The largest absolute Gasteiger partial charge is 0.342 e. The molecule has 4 fully saturated rings. The van der Waals surface area contributed by atoms with Gasteiger partial charge < -0.3 is 4.90 Å². The number of rotatable bonds is 4. The summed E-state index contributed by atoms with van der Waals surface area (Å²) < 4.78 is 22.4. The Balaban J connectivity index is 1.65. The van der Waals surface area contributed by atoms with Crippen LogP contribution >= 0.6 is 0 Å².